The van der Waals surface area contributed by atoms with E-state index >= 15 is 0 Å². The van der Waals surface area contributed by atoms with E-state index in [1.807, 2.05) is 36.4 Å². The predicted octanol–water partition coefficient (Wildman–Crippen LogP) is 5.43. The van der Waals surface area contributed by atoms with Gasteiger partial charge in [0.25, 0.3) is 11.8 Å². The largest absolute Gasteiger partial charge is 0.398 e. The van der Waals surface area contributed by atoms with E-state index in [1.165, 1.54) is 0 Å². The molecule has 3 N–H and O–H groups in total. The third-order valence-electron chi connectivity index (χ3n) is 5.51. The van der Waals surface area contributed by atoms with Crippen LogP contribution in [0.5, 0.6) is 0 Å². The molecule has 0 radical (unpaired) electrons. The summed E-state index contributed by atoms with van der Waals surface area (Å²) in [6, 6.07) is 14.2. The fraction of sp³-hybridized carbons (Fsp3) is 0.360. The number of rotatable bonds is 8. The highest BCUT2D eigenvalue weighted by molar-refractivity contribution is 14.1. The maximum atomic E-state index is 13.7. The second-order valence-electron chi connectivity index (χ2n) is 7.86. The summed E-state index contributed by atoms with van der Waals surface area (Å²) < 4.78 is 0.929. The highest BCUT2D eigenvalue weighted by Crippen LogP contribution is 2.27. The third kappa shape index (κ3) is 6.09. The molecule has 5 nitrogen and oxygen atoms in total. The molecule has 2 aromatic rings. The lowest BCUT2D eigenvalue weighted by Gasteiger charge is -2.32. The van der Waals surface area contributed by atoms with Crippen LogP contribution in [0.1, 0.15) is 67.4 Å². The number of nitrogens with zero attached hydrogens (tertiary/aromatic N) is 1. The zero-order valence-corrected chi connectivity index (χ0v) is 20.1. The summed E-state index contributed by atoms with van der Waals surface area (Å²) in [6.07, 6.45) is 7.87. The Hall–Kier alpha value is -2.35. The molecule has 164 valence electrons. The molecule has 0 saturated carbocycles. The Morgan fingerprint density at radius 2 is 1.94 bits per heavy atom. The topological polar surface area (TPSA) is 75.4 Å². The molecule has 1 aliphatic carbocycles. The molecule has 0 unspecified atom stereocenters. The molecule has 0 fully saturated rings. The van der Waals surface area contributed by atoms with E-state index in [-0.39, 0.29) is 11.8 Å². The van der Waals surface area contributed by atoms with Crippen LogP contribution in [0, 0.1) is 3.57 Å². The lowest BCUT2D eigenvalue weighted by Crippen LogP contribution is -2.44. The molecule has 0 aliphatic heterocycles. The van der Waals surface area contributed by atoms with Crippen LogP contribution >= 0.6 is 22.6 Å². The zero-order chi connectivity index (χ0) is 22.2. The van der Waals surface area contributed by atoms with E-state index in [9.17, 15) is 9.59 Å². The first-order valence-corrected chi connectivity index (χ1v) is 12.0. The second kappa shape index (κ2) is 11.3. The van der Waals surface area contributed by atoms with E-state index in [0.29, 0.717) is 17.8 Å². The molecular weight excluding hydrogens is 501 g/mol. The molecule has 31 heavy (non-hydrogen) atoms. The molecule has 0 saturated heterocycles. The fourth-order valence-electron chi connectivity index (χ4n) is 3.83. The maximum absolute atomic E-state index is 13.7. The summed E-state index contributed by atoms with van der Waals surface area (Å²) in [5, 5.41) is 3.10. The molecule has 3 rings (SSSR count). The van der Waals surface area contributed by atoms with Crippen LogP contribution in [0.3, 0.4) is 0 Å². The number of hydrogen-bond acceptors (Lipinski definition) is 3. The van der Waals surface area contributed by atoms with Crippen LogP contribution in [0.2, 0.25) is 0 Å². The molecule has 0 aromatic heterocycles. The Morgan fingerprint density at radius 1 is 1.16 bits per heavy atom. The van der Waals surface area contributed by atoms with Crippen molar-refractivity contribution in [3.8, 4) is 0 Å². The quantitative estimate of drug-likeness (QED) is 0.353. The van der Waals surface area contributed by atoms with Crippen LogP contribution in [-0.4, -0.2) is 23.3 Å². The molecular formula is C25H30IN3O2. The first-order chi connectivity index (χ1) is 15.0. The van der Waals surface area contributed by atoms with Crippen molar-refractivity contribution < 1.29 is 9.59 Å². The van der Waals surface area contributed by atoms with Crippen molar-refractivity contribution >= 4 is 40.1 Å². The van der Waals surface area contributed by atoms with Gasteiger partial charge in [0, 0.05) is 21.5 Å². The van der Waals surface area contributed by atoms with Crippen LogP contribution in [-0.2, 0) is 4.79 Å². The molecule has 1 atom stereocenters. The Balaban J connectivity index is 2.00. The van der Waals surface area contributed by atoms with Crippen molar-refractivity contribution in [1.29, 1.82) is 0 Å². The van der Waals surface area contributed by atoms with Crippen molar-refractivity contribution in [2.24, 2.45) is 0 Å². The average Bonchev–Trinajstić information content (AvgIpc) is 2.79. The first kappa shape index (κ1) is 23.3. The van der Waals surface area contributed by atoms with Crippen LogP contribution < -0.4 is 11.1 Å². The minimum atomic E-state index is -0.722. The standard InChI is InChI=1S/C25H30IN3O2/c1-2-3-16-29(25(31)21-17-19(26)14-15-22(21)27)23(18-10-6-4-7-11-18)24(30)28-20-12-8-5-9-13-20/h4,6-7,10-12,14-15,17,23H,2-3,5,8-9,13,16,27H2,1H3,(H,28,30)/t23-/m1/s1. The smallest absolute Gasteiger partial charge is 0.256 e. The van der Waals surface area contributed by atoms with Crippen molar-refractivity contribution in [3.05, 3.63) is 75.0 Å². The van der Waals surface area contributed by atoms with E-state index in [1.54, 1.807) is 17.0 Å². The number of unbranched alkanes of at least 4 members (excludes halogenated alkanes) is 1. The summed E-state index contributed by atoms with van der Waals surface area (Å²) in [7, 11) is 0. The number of allylic oxidation sites excluding steroid dienone is 2. The van der Waals surface area contributed by atoms with Gasteiger partial charge >= 0.3 is 0 Å². The monoisotopic (exact) mass is 531 g/mol. The van der Waals surface area contributed by atoms with Crippen molar-refractivity contribution in [2.45, 2.75) is 51.5 Å². The van der Waals surface area contributed by atoms with E-state index in [2.05, 4.69) is 40.9 Å². The summed E-state index contributed by atoms with van der Waals surface area (Å²) in [6.45, 7) is 2.55. The van der Waals surface area contributed by atoms with Crippen molar-refractivity contribution in [3.63, 3.8) is 0 Å². The molecule has 2 aromatic carbocycles. The fourth-order valence-corrected chi connectivity index (χ4v) is 4.32. The number of carbonyl (C=O) groups is 2. The number of halogens is 1. The first-order valence-electron chi connectivity index (χ1n) is 10.9. The Bertz CT molecular complexity index is 943. The number of hydrogen-bond donors (Lipinski definition) is 2. The maximum Gasteiger partial charge on any atom is 0.256 e. The van der Waals surface area contributed by atoms with Gasteiger partial charge in [0.1, 0.15) is 6.04 Å². The normalized spacial score (nSPS) is 14.5. The van der Waals surface area contributed by atoms with Gasteiger partial charge in [-0.15, -0.1) is 0 Å². The minimum Gasteiger partial charge on any atom is -0.398 e. The number of carbonyl (C=O) groups excluding carboxylic acids is 2. The van der Waals surface area contributed by atoms with Crippen molar-refractivity contribution in [2.75, 3.05) is 12.3 Å². The van der Waals surface area contributed by atoms with Gasteiger partial charge in [-0.2, -0.15) is 0 Å². The Kier molecular flexibility index (Phi) is 8.51. The van der Waals surface area contributed by atoms with E-state index < -0.39 is 6.04 Å². The third-order valence-corrected chi connectivity index (χ3v) is 6.18. The average molecular weight is 531 g/mol. The number of nitrogens with one attached hydrogen (secondary N) is 1. The van der Waals surface area contributed by atoms with Gasteiger partial charge in [0.05, 0.1) is 5.56 Å². The summed E-state index contributed by atoms with van der Waals surface area (Å²) in [5.41, 5.74) is 8.77. The minimum absolute atomic E-state index is 0.173. The number of nitrogens with two attached hydrogens (primary N) is 1. The highest BCUT2D eigenvalue weighted by Gasteiger charge is 2.33. The van der Waals surface area contributed by atoms with E-state index in [0.717, 1.165) is 53.4 Å². The van der Waals surface area contributed by atoms with Crippen molar-refractivity contribution in [1.82, 2.24) is 10.2 Å². The molecule has 2 amide bonds. The summed E-state index contributed by atoms with van der Waals surface area (Å²) in [4.78, 5) is 28.9. The Morgan fingerprint density at radius 3 is 2.61 bits per heavy atom. The van der Waals surface area contributed by atoms with Gasteiger partial charge in [0.2, 0.25) is 0 Å². The molecule has 0 heterocycles. The lowest BCUT2D eigenvalue weighted by molar-refractivity contribution is -0.125. The van der Waals surface area contributed by atoms with Gasteiger partial charge in [-0.3, -0.25) is 9.59 Å². The molecule has 0 bridgehead atoms. The predicted molar refractivity (Wildman–Crippen MR) is 133 cm³/mol. The van der Waals surface area contributed by atoms with Crippen LogP contribution in [0.4, 0.5) is 5.69 Å². The molecule has 1 aliphatic rings. The number of amides is 2. The van der Waals surface area contributed by atoms with Crippen LogP contribution in [0.15, 0.2) is 60.3 Å². The number of benzene rings is 2. The molecule has 6 heteroatoms. The lowest BCUT2D eigenvalue weighted by atomic mass is 10.0. The summed E-state index contributed by atoms with van der Waals surface area (Å²) >= 11 is 2.17. The number of anilines is 1. The van der Waals surface area contributed by atoms with Gasteiger partial charge in [0.15, 0.2) is 0 Å². The zero-order valence-electron chi connectivity index (χ0n) is 17.9. The number of nitrogen functional groups attached to an aromatic ring is 1. The Labute approximate surface area is 198 Å². The van der Waals surface area contributed by atoms with Gasteiger partial charge in [-0.05, 0) is 78.5 Å². The van der Waals surface area contributed by atoms with Crippen LogP contribution in [0.25, 0.3) is 0 Å². The highest BCUT2D eigenvalue weighted by atomic mass is 127. The van der Waals surface area contributed by atoms with Gasteiger partial charge in [-0.1, -0.05) is 49.8 Å². The SMILES string of the molecule is CCCCN(C(=O)c1cc(I)ccc1N)[C@@H](C(=O)NC1=CCCCC1)c1ccccc1. The summed E-state index contributed by atoms with van der Waals surface area (Å²) in [5.74, 6) is -0.390. The molecule has 0 spiro atoms. The second-order valence-corrected chi connectivity index (χ2v) is 9.11. The van der Waals surface area contributed by atoms with Gasteiger partial charge in [-0.25, -0.2) is 0 Å². The van der Waals surface area contributed by atoms with E-state index in [4.69, 9.17) is 5.73 Å². The van der Waals surface area contributed by atoms with Gasteiger partial charge < -0.3 is 16.0 Å².